The Balaban J connectivity index is 1.50. The third-order valence-corrected chi connectivity index (χ3v) is 4.79. The molecule has 24 heavy (non-hydrogen) atoms. The maximum atomic E-state index is 12.2. The Morgan fingerprint density at radius 3 is 2.79 bits per heavy atom. The third kappa shape index (κ3) is 4.23. The first-order chi connectivity index (χ1) is 11.6. The minimum absolute atomic E-state index is 0.0108. The molecule has 0 spiro atoms. The SMILES string of the molecule is Cc1cc(NC(=O)CNC2CCCC2Cc2ccccc2)n(C)n1. The number of benzene rings is 1. The van der Waals surface area contributed by atoms with Crippen LogP contribution in [-0.4, -0.2) is 28.3 Å². The lowest BCUT2D eigenvalue weighted by Crippen LogP contribution is -2.39. The summed E-state index contributed by atoms with van der Waals surface area (Å²) >= 11 is 0. The standard InChI is InChI=1S/C19H26N4O/c1-14-11-18(23(2)22-14)21-19(24)13-20-17-10-6-9-16(17)12-15-7-4-3-5-8-15/h3-5,7-8,11,16-17,20H,6,9-10,12-13H2,1-2H3,(H,21,24). The molecule has 1 amide bonds. The van der Waals surface area contributed by atoms with Gasteiger partial charge in [-0.15, -0.1) is 0 Å². The van der Waals surface area contributed by atoms with Crippen molar-refractivity contribution in [1.82, 2.24) is 15.1 Å². The molecule has 1 saturated carbocycles. The number of nitrogens with one attached hydrogen (secondary N) is 2. The lowest BCUT2D eigenvalue weighted by molar-refractivity contribution is -0.115. The number of aromatic nitrogens is 2. The van der Waals surface area contributed by atoms with Crippen LogP contribution in [-0.2, 0) is 18.3 Å². The molecule has 1 aromatic heterocycles. The van der Waals surface area contributed by atoms with Gasteiger partial charge in [-0.3, -0.25) is 9.48 Å². The van der Waals surface area contributed by atoms with Crippen molar-refractivity contribution in [3.63, 3.8) is 0 Å². The van der Waals surface area contributed by atoms with Crippen LogP contribution in [0.15, 0.2) is 36.4 Å². The average molecular weight is 326 g/mol. The molecule has 2 unspecified atom stereocenters. The van der Waals surface area contributed by atoms with Gasteiger partial charge in [-0.25, -0.2) is 0 Å². The second-order valence-corrected chi connectivity index (χ2v) is 6.71. The summed E-state index contributed by atoms with van der Waals surface area (Å²) in [6.07, 6.45) is 4.70. The summed E-state index contributed by atoms with van der Waals surface area (Å²) in [5, 5.41) is 10.6. The Morgan fingerprint density at radius 1 is 1.29 bits per heavy atom. The molecule has 3 rings (SSSR count). The summed E-state index contributed by atoms with van der Waals surface area (Å²) in [6.45, 7) is 2.26. The van der Waals surface area contributed by atoms with Crippen LogP contribution in [0.4, 0.5) is 5.82 Å². The Labute approximate surface area is 143 Å². The first-order valence-corrected chi connectivity index (χ1v) is 8.69. The highest BCUT2D eigenvalue weighted by atomic mass is 16.2. The zero-order valence-corrected chi connectivity index (χ0v) is 14.5. The van der Waals surface area contributed by atoms with Crippen LogP contribution < -0.4 is 10.6 Å². The Bertz CT molecular complexity index is 680. The summed E-state index contributed by atoms with van der Waals surface area (Å²) in [4.78, 5) is 12.2. The van der Waals surface area contributed by atoms with Crippen LogP contribution in [0.5, 0.6) is 0 Å². The highest BCUT2D eigenvalue weighted by Gasteiger charge is 2.27. The molecule has 0 radical (unpaired) electrons. The molecule has 1 heterocycles. The van der Waals surface area contributed by atoms with Gasteiger partial charge in [0.05, 0.1) is 12.2 Å². The van der Waals surface area contributed by atoms with Crippen LogP contribution in [0.2, 0.25) is 0 Å². The summed E-state index contributed by atoms with van der Waals surface area (Å²) in [5.41, 5.74) is 2.28. The average Bonchev–Trinajstić information content (AvgIpc) is 3.12. The molecule has 2 N–H and O–H groups in total. The predicted octanol–water partition coefficient (Wildman–Crippen LogP) is 2.67. The van der Waals surface area contributed by atoms with Crippen molar-refractivity contribution in [3.8, 4) is 0 Å². The van der Waals surface area contributed by atoms with E-state index in [2.05, 4.69) is 46.1 Å². The van der Waals surface area contributed by atoms with Crippen LogP contribution >= 0.6 is 0 Å². The lowest BCUT2D eigenvalue weighted by atomic mass is 9.94. The number of anilines is 1. The van der Waals surface area contributed by atoms with E-state index < -0.39 is 0 Å². The number of hydrogen-bond donors (Lipinski definition) is 2. The summed E-state index contributed by atoms with van der Waals surface area (Å²) in [7, 11) is 1.84. The summed E-state index contributed by atoms with van der Waals surface area (Å²) in [5.74, 6) is 1.34. The molecule has 1 aromatic carbocycles. The quantitative estimate of drug-likeness (QED) is 0.858. The lowest BCUT2D eigenvalue weighted by Gasteiger charge is -2.21. The number of aryl methyl sites for hydroxylation is 2. The van der Waals surface area contributed by atoms with Crippen molar-refractivity contribution in [3.05, 3.63) is 47.7 Å². The van der Waals surface area contributed by atoms with E-state index in [0.717, 1.165) is 24.4 Å². The number of carbonyl (C=O) groups is 1. The Hall–Kier alpha value is -2.14. The smallest absolute Gasteiger partial charge is 0.239 e. The highest BCUT2D eigenvalue weighted by Crippen LogP contribution is 2.28. The Kier molecular flexibility index (Phi) is 5.30. The minimum atomic E-state index is -0.0108. The highest BCUT2D eigenvalue weighted by molar-refractivity contribution is 5.91. The Morgan fingerprint density at radius 2 is 2.08 bits per heavy atom. The van der Waals surface area contributed by atoms with Gasteiger partial charge in [0.2, 0.25) is 5.91 Å². The third-order valence-electron chi connectivity index (χ3n) is 4.79. The van der Waals surface area contributed by atoms with Gasteiger partial charge >= 0.3 is 0 Å². The number of hydrogen-bond acceptors (Lipinski definition) is 3. The van der Waals surface area contributed by atoms with Crippen molar-refractivity contribution in [1.29, 1.82) is 0 Å². The molecular formula is C19H26N4O. The number of amides is 1. The molecular weight excluding hydrogens is 300 g/mol. The number of rotatable bonds is 6. The largest absolute Gasteiger partial charge is 0.310 e. The molecule has 2 atom stereocenters. The van der Waals surface area contributed by atoms with Crippen LogP contribution in [0.25, 0.3) is 0 Å². The number of nitrogens with zero attached hydrogens (tertiary/aromatic N) is 2. The normalized spacial score (nSPS) is 20.2. The molecule has 5 nitrogen and oxygen atoms in total. The first-order valence-electron chi connectivity index (χ1n) is 8.69. The predicted molar refractivity (Wildman–Crippen MR) is 95.9 cm³/mol. The summed E-state index contributed by atoms with van der Waals surface area (Å²) in [6, 6.07) is 12.9. The molecule has 1 aliphatic carbocycles. The second-order valence-electron chi connectivity index (χ2n) is 6.71. The van der Waals surface area contributed by atoms with E-state index in [1.165, 1.54) is 18.4 Å². The van der Waals surface area contributed by atoms with Gasteiger partial charge in [-0.2, -0.15) is 5.10 Å². The van der Waals surface area contributed by atoms with E-state index in [0.29, 0.717) is 18.5 Å². The van der Waals surface area contributed by atoms with Crippen molar-refractivity contribution >= 4 is 11.7 Å². The van der Waals surface area contributed by atoms with E-state index in [1.54, 1.807) is 4.68 Å². The van der Waals surface area contributed by atoms with Gasteiger partial charge in [-0.1, -0.05) is 36.8 Å². The van der Waals surface area contributed by atoms with Crippen molar-refractivity contribution in [2.24, 2.45) is 13.0 Å². The molecule has 0 aliphatic heterocycles. The number of carbonyl (C=O) groups excluding carboxylic acids is 1. The van der Waals surface area contributed by atoms with Gasteiger partial charge in [0, 0.05) is 19.2 Å². The molecule has 1 fully saturated rings. The second kappa shape index (κ2) is 7.62. The van der Waals surface area contributed by atoms with E-state index >= 15 is 0 Å². The molecule has 128 valence electrons. The molecule has 1 aliphatic rings. The minimum Gasteiger partial charge on any atom is -0.310 e. The molecule has 0 bridgehead atoms. The molecule has 5 heteroatoms. The first kappa shape index (κ1) is 16.7. The monoisotopic (exact) mass is 326 g/mol. The van der Waals surface area contributed by atoms with E-state index in [9.17, 15) is 4.79 Å². The van der Waals surface area contributed by atoms with E-state index in [4.69, 9.17) is 0 Å². The van der Waals surface area contributed by atoms with Crippen LogP contribution in [0.3, 0.4) is 0 Å². The fourth-order valence-corrected chi connectivity index (χ4v) is 3.61. The zero-order valence-electron chi connectivity index (χ0n) is 14.5. The molecule has 2 aromatic rings. The van der Waals surface area contributed by atoms with Gasteiger partial charge in [0.25, 0.3) is 0 Å². The molecule has 0 saturated heterocycles. The van der Waals surface area contributed by atoms with Gasteiger partial charge in [-0.05, 0) is 37.7 Å². The van der Waals surface area contributed by atoms with Gasteiger partial charge < -0.3 is 10.6 Å². The van der Waals surface area contributed by atoms with Crippen molar-refractivity contribution in [2.75, 3.05) is 11.9 Å². The van der Waals surface area contributed by atoms with Gasteiger partial charge in [0.1, 0.15) is 5.82 Å². The maximum Gasteiger partial charge on any atom is 0.239 e. The van der Waals surface area contributed by atoms with Crippen molar-refractivity contribution < 1.29 is 4.79 Å². The van der Waals surface area contributed by atoms with Crippen LogP contribution in [0, 0.1) is 12.8 Å². The van der Waals surface area contributed by atoms with Gasteiger partial charge in [0.15, 0.2) is 0 Å². The van der Waals surface area contributed by atoms with Crippen LogP contribution in [0.1, 0.15) is 30.5 Å². The van der Waals surface area contributed by atoms with E-state index in [-0.39, 0.29) is 5.91 Å². The fraction of sp³-hybridized carbons (Fsp3) is 0.474. The fourth-order valence-electron chi connectivity index (χ4n) is 3.61. The summed E-state index contributed by atoms with van der Waals surface area (Å²) < 4.78 is 1.70. The van der Waals surface area contributed by atoms with E-state index in [1.807, 2.05) is 20.0 Å². The maximum absolute atomic E-state index is 12.2. The topological polar surface area (TPSA) is 59.0 Å². The van der Waals surface area contributed by atoms with Crippen molar-refractivity contribution in [2.45, 2.75) is 38.6 Å². The zero-order chi connectivity index (χ0) is 16.9.